The maximum Gasteiger partial charge on any atom is 0.261 e. The van der Waals surface area contributed by atoms with Gasteiger partial charge in [0.05, 0.1) is 13.2 Å². The lowest BCUT2D eigenvalue weighted by Crippen LogP contribution is -2.34. The van der Waals surface area contributed by atoms with Crippen molar-refractivity contribution in [2.24, 2.45) is 0 Å². The Kier molecular flexibility index (Phi) is 5.50. The molecule has 1 unspecified atom stereocenters. The Morgan fingerprint density at radius 2 is 1.88 bits per heavy atom. The van der Waals surface area contributed by atoms with E-state index in [2.05, 4.69) is 32.0 Å². The minimum atomic E-state index is 0.0216. The van der Waals surface area contributed by atoms with E-state index in [1.54, 1.807) is 7.11 Å². The molecule has 1 saturated heterocycles. The molecule has 0 aromatic heterocycles. The standard InChI is InChI=1S/C22H27NO3/c1-15-7-10-20(21(12-15)25-4)26-14-22(24)23-11-5-6-19(23)18-9-8-16(2)17(3)13-18/h7-10,12-13,19H,5-6,11,14H2,1-4H3. The van der Waals surface area contributed by atoms with Crippen LogP contribution >= 0.6 is 0 Å². The van der Waals surface area contributed by atoms with Gasteiger partial charge in [0, 0.05) is 6.54 Å². The van der Waals surface area contributed by atoms with Crippen molar-refractivity contribution >= 4 is 5.91 Å². The van der Waals surface area contributed by atoms with Gasteiger partial charge in [-0.2, -0.15) is 0 Å². The molecule has 0 N–H and O–H groups in total. The zero-order valence-electron chi connectivity index (χ0n) is 16.0. The van der Waals surface area contributed by atoms with Crippen molar-refractivity contribution in [2.75, 3.05) is 20.3 Å². The lowest BCUT2D eigenvalue weighted by Gasteiger charge is -2.26. The van der Waals surface area contributed by atoms with Gasteiger partial charge in [-0.15, -0.1) is 0 Å². The Balaban J connectivity index is 1.70. The van der Waals surface area contributed by atoms with Crippen LogP contribution < -0.4 is 9.47 Å². The number of likely N-dealkylation sites (tertiary alicyclic amines) is 1. The van der Waals surface area contributed by atoms with E-state index in [-0.39, 0.29) is 18.6 Å². The van der Waals surface area contributed by atoms with Gasteiger partial charge < -0.3 is 14.4 Å². The number of benzene rings is 2. The van der Waals surface area contributed by atoms with Crippen LogP contribution in [0, 0.1) is 20.8 Å². The van der Waals surface area contributed by atoms with Gasteiger partial charge in [0.2, 0.25) is 0 Å². The number of hydrogen-bond acceptors (Lipinski definition) is 3. The average molecular weight is 353 g/mol. The fraction of sp³-hybridized carbons (Fsp3) is 0.409. The molecule has 1 aliphatic rings. The van der Waals surface area contributed by atoms with E-state index in [1.165, 1.54) is 16.7 Å². The number of aryl methyl sites for hydroxylation is 3. The van der Waals surface area contributed by atoms with Gasteiger partial charge in [0.25, 0.3) is 5.91 Å². The second kappa shape index (κ2) is 7.81. The third-order valence-corrected chi connectivity index (χ3v) is 5.16. The predicted molar refractivity (Wildman–Crippen MR) is 103 cm³/mol. The summed E-state index contributed by atoms with van der Waals surface area (Å²) in [5, 5.41) is 0. The Morgan fingerprint density at radius 3 is 2.62 bits per heavy atom. The summed E-state index contributed by atoms with van der Waals surface area (Å²) in [5.74, 6) is 1.28. The fourth-order valence-electron chi connectivity index (χ4n) is 3.50. The van der Waals surface area contributed by atoms with Crippen LogP contribution in [0.3, 0.4) is 0 Å². The number of carbonyl (C=O) groups excluding carboxylic acids is 1. The lowest BCUT2D eigenvalue weighted by atomic mass is 9.99. The summed E-state index contributed by atoms with van der Waals surface area (Å²) in [5.41, 5.74) is 4.85. The topological polar surface area (TPSA) is 38.8 Å². The minimum Gasteiger partial charge on any atom is -0.493 e. The summed E-state index contributed by atoms with van der Waals surface area (Å²) < 4.78 is 11.1. The largest absolute Gasteiger partial charge is 0.493 e. The summed E-state index contributed by atoms with van der Waals surface area (Å²) >= 11 is 0. The van der Waals surface area contributed by atoms with Crippen LogP contribution in [0.4, 0.5) is 0 Å². The highest BCUT2D eigenvalue weighted by Gasteiger charge is 2.30. The first-order valence-corrected chi connectivity index (χ1v) is 9.13. The third-order valence-electron chi connectivity index (χ3n) is 5.16. The molecule has 1 atom stereocenters. The molecule has 26 heavy (non-hydrogen) atoms. The maximum atomic E-state index is 12.8. The van der Waals surface area contributed by atoms with Crippen molar-refractivity contribution in [2.45, 2.75) is 39.7 Å². The lowest BCUT2D eigenvalue weighted by molar-refractivity contribution is -0.134. The molecule has 1 fully saturated rings. The minimum absolute atomic E-state index is 0.0216. The van der Waals surface area contributed by atoms with E-state index in [1.807, 2.05) is 30.0 Å². The van der Waals surface area contributed by atoms with Gasteiger partial charge >= 0.3 is 0 Å². The molecule has 0 radical (unpaired) electrons. The molecule has 1 heterocycles. The summed E-state index contributed by atoms with van der Waals surface area (Å²) in [6.45, 7) is 7.04. The van der Waals surface area contributed by atoms with E-state index in [0.717, 1.165) is 24.9 Å². The van der Waals surface area contributed by atoms with Crippen molar-refractivity contribution < 1.29 is 14.3 Å². The SMILES string of the molecule is COc1cc(C)ccc1OCC(=O)N1CCCC1c1ccc(C)c(C)c1. The van der Waals surface area contributed by atoms with Crippen LogP contribution in [0.5, 0.6) is 11.5 Å². The molecule has 0 bridgehead atoms. The summed E-state index contributed by atoms with van der Waals surface area (Å²) in [6, 6.07) is 12.3. The molecule has 2 aromatic rings. The van der Waals surface area contributed by atoms with Crippen molar-refractivity contribution in [3.05, 3.63) is 58.7 Å². The fourth-order valence-corrected chi connectivity index (χ4v) is 3.50. The van der Waals surface area contributed by atoms with E-state index >= 15 is 0 Å². The molecule has 4 heteroatoms. The molecule has 1 amide bonds. The van der Waals surface area contributed by atoms with Crippen LogP contribution in [-0.4, -0.2) is 31.1 Å². The number of hydrogen-bond donors (Lipinski definition) is 0. The number of methoxy groups -OCH3 is 1. The first-order chi connectivity index (χ1) is 12.5. The quantitative estimate of drug-likeness (QED) is 0.801. The Labute approximate surface area is 155 Å². The molecule has 2 aromatic carbocycles. The second-order valence-electron chi connectivity index (χ2n) is 7.03. The first-order valence-electron chi connectivity index (χ1n) is 9.13. The zero-order valence-corrected chi connectivity index (χ0v) is 16.0. The van der Waals surface area contributed by atoms with Crippen LogP contribution in [-0.2, 0) is 4.79 Å². The van der Waals surface area contributed by atoms with Crippen LogP contribution in [0.25, 0.3) is 0 Å². The van der Waals surface area contributed by atoms with Gasteiger partial charge in [-0.3, -0.25) is 4.79 Å². The highest BCUT2D eigenvalue weighted by atomic mass is 16.5. The highest BCUT2D eigenvalue weighted by Crippen LogP contribution is 2.33. The van der Waals surface area contributed by atoms with Crippen molar-refractivity contribution in [1.29, 1.82) is 0 Å². The molecule has 138 valence electrons. The first kappa shape index (κ1) is 18.3. The number of rotatable bonds is 5. The molecule has 0 spiro atoms. The smallest absolute Gasteiger partial charge is 0.261 e. The predicted octanol–water partition coefficient (Wildman–Crippen LogP) is 4.36. The Hall–Kier alpha value is -2.49. The zero-order chi connectivity index (χ0) is 18.7. The molecular formula is C22H27NO3. The van der Waals surface area contributed by atoms with Crippen LogP contribution in [0.15, 0.2) is 36.4 Å². The van der Waals surface area contributed by atoms with Gasteiger partial charge in [0.15, 0.2) is 18.1 Å². The maximum absolute atomic E-state index is 12.8. The molecule has 0 saturated carbocycles. The van der Waals surface area contributed by atoms with E-state index in [4.69, 9.17) is 9.47 Å². The van der Waals surface area contributed by atoms with Gasteiger partial charge in [0.1, 0.15) is 0 Å². The van der Waals surface area contributed by atoms with E-state index < -0.39 is 0 Å². The average Bonchev–Trinajstić information content (AvgIpc) is 3.12. The second-order valence-corrected chi connectivity index (χ2v) is 7.03. The van der Waals surface area contributed by atoms with Gasteiger partial charge in [-0.05, 0) is 68.0 Å². The van der Waals surface area contributed by atoms with Crippen LogP contribution in [0.1, 0.15) is 41.1 Å². The number of amides is 1. The highest BCUT2D eigenvalue weighted by molar-refractivity contribution is 5.78. The Morgan fingerprint density at radius 1 is 1.08 bits per heavy atom. The molecule has 4 nitrogen and oxygen atoms in total. The summed E-state index contributed by atoms with van der Waals surface area (Å²) in [7, 11) is 1.61. The molecule has 0 aliphatic carbocycles. The van der Waals surface area contributed by atoms with Crippen LogP contribution in [0.2, 0.25) is 0 Å². The monoisotopic (exact) mass is 353 g/mol. The molecule has 1 aliphatic heterocycles. The van der Waals surface area contributed by atoms with Crippen molar-refractivity contribution in [3.63, 3.8) is 0 Å². The summed E-state index contributed by atoms with van der Waals surface area (Å²) in [6.07, 6.45) is 2.03. The Bertz CT molecular complexity index is 800. The molecular weight excluding hydrogens is 326 g/mol. The third kappa shape index (κ3) is 3.85. The van der Waals surface area contributed by atoms with E-state index in [9.17, 15) is 4.79 Å². The van der Waals surface area contributed by atoms with Gasteiger partial charge in [-0.1, -0.05) is 24.3 Å². The van der Waals surface area contributed by atoms with Crippen molar-refractivity contribution in [3.8, 4) is 11.5 Å². The normalized spacial score (nSPS) is 16.6. The number of nitrogens with zero attached hydrogens (tertiary/aromatic N) is 1. The van der Waals surface area contributed by atoms with Crippen molar-refractivity contribution in [1.82, 2.24) is 4.90 Å². The number of ether oxygens (including phenoxy) is 2. The van der Waals surface area contributed by atoms with E-state index in [0.29, 0.717) is 11.5 Å². The molecule has 3 rings (SSSR count). The van der Waals surface area contributed by atoms with Gasteiger partial charge in [-0.25, -0.2) is 0 Å². The summed E-state index contributed by atoms with van der Waals surface area (Å²) in [4.78, 5) is 14.7. The number of carbonyl (C=O) groups is 1.